The number of benzene rings is 3. The molecule has 0 radical (unpaired) electrons. The summed E-state index contributed by atoms with van der Waals surface area (Å²) in [6.07, 6.45) is 1.60. The standard InChI is InChI=1S/C29H19ClN2O6S/c30-23-12-10-19(28(36)37)14-22(23)24-13-11-21(38-24)15-25-26(33)32(16-17-6-8-18(9-7-17)27(34)35)29(39-25)31-20-4-2-1-3-5-20/h1-15H,16H2,(H,34,35)(H,36,37)/b25-15-,31-29?. The Bertz CT molecular complexity index is 1640. The van der Waals surface area contributed by atoms with Crippen molar-refractivity contribution in [3.05, 3.63) is 117 Å². The third-order valence-electron chi connectivity index (χ3n) is 5.79. The van der Waals surface area contributed by atoms with Crippen molar-refractivity contribution in [3.8, 4) is 11.3 Å². The number of carbonyl (C=O) groups is 3. The third kappa shape index (κ3) is 5.79. The van der Waals surface area contributed by atoms with Gasteiger partial charge in [0.1, 0.15) is 11.5 Å². The lowest BCUT2D eigenvalue weighted by Crippen LogP contribution is -2.28. The van der Waals surface area contributed by atoms with Crippen LogP contribution in [0.2, 0.25) is 5.02 Å². The summed E-state index contributed by atoms with van der Waals surface area (Å²) < 4.78 is 5.90. The van der Waals surface area contributed by atoms with Crippen molar-refractivity contribution in [2.24, 2.45) is 4.99 Å². The molecule has 2 heterocycles. The number of aromatic carboxylic acids is 2. The number of nitrogens with zero attached hydrogens (tertiary/aromatic N) is 2. The van der Waals surface area contributed by atoms with E-state index in [-0.39, 0.29) is 23.6 Å². The maximum Gasteiger partial charge on any atom is 0.335 e. The van der Waals surface area contributed by atoms with Crippen LogP contribution in [0.25, 0.3) is 17.4 Å². The predicted octanol–water partition coefficient (Wildman–Crippen LogP) is 6.80. The first-order valence-electron chi connectivity index (χ1n) is 11.6. The topological polar surface area (TPSA) is 120 Å². The maximum absolute atomic E-state index is 13.5. The first-order valence-corrected chi connectivity index (χ1v) is 12.8. The minimum Gasteiger partial charge on any atom is -0.478 e. The second-order valence-electron chi connectivity index (χ2n) is 8.44. The number of hydrogen-bond acceptors (Lipinski definition) is 6. The number of para-hydroxylation sites is 1. The van der Waals surface area contributed by atoms with Gasteiger partial charge in [0.25, 0.3) is 5.91 Å². The van der Waals surface area contributed by atoms with Gasteiger partial charge in [0.2, 0.25) is 0 Å². The average Bonchev–Trinajstić information content (AvgIpc) is 3.50. The molecule has 39 heavy (non-hydrogen) atoms. The molecule has 0 unspecified atom stereocenters. The summed E-state index contributed by atoms with van der Waals surface area (Å²) in [6.45, 7) is 0.190. The van der Waals surface area contributed by atoms with Crippen LogP contribution in [0, 0.1) is 0 Å². The first-order chi connectivity index (χ1) is 18.8. The van der Waals surface area contributed by atoms with Gasteiger partial charge < -0.3 is 14.6 Å². The fourth-order valence-corrected chi connectivity index (χ4v) is 5.02. The number of amides is 1. The van der Waals surface area contributed by atoms with Crippen LogP contribution >= 0.6 is 23.4 Å². The molecule has 0 spiro atoms. The van der Waals surface area contributed by atoms with Crippen LogP contribution in [0.4, 0.5) is 5.69 Å². The Morgan fingerprint density at radius 1 is 0.923 bits per heavy atom. The highest BCUT2D eigenvalue weighted by Gasteiger charge is 2.34. The van der Waals surface area contributed by atoms with Gasteiger partial charge in [0.05, 0.1) is 33.3 Å². The molecule has 1 aromatic heterocycles. The van der Waals surface area contributed by atoms with Crippen LogP contribution in [0.3, 0.4) is 0 Å². The van der Waals surface area contributed by atoms with Crippen molar-refractivity contribution < 1.29 is 29.0 Å². The Labute approximate surface area is 231 Å². The average molecular weight is 559 g/mol. The quantitative estimate of drug-likeness (QED) is 0.239. The first kappa shape index (κ1) is 26.0. The lowest BCUT2D eigenvalue weighted by Gasteiger charge is -2.16. The summed E-state index contributed by atoms with van der Waals surface area (Å²) in [5.41, 5.74) is 2.06. The summed E-state index contributed by atoms with van der Waals surface area (Å²) in [4.78, 5) is 42.6. The van der Waals surface area contributed by atoms with Gasteiger partial charge in [-0.1, -0.05) is 41.9 Å². The summed E-state index contributed by atoms with van der Waals surface area (Å²) in [5.74, 6) is -1.67. The molecule has 0 saturated carbocycles. The van der Waals surface area contributed by atoms with E-state index in [4.69, 9.17) is 16.0 Å². The molecule has 194 valence electrons. The van der Waals surface area contributed by atoms with E-state index >= 15 is 0 Å². The lowest BCUT2D eigenvalue weighted by molar-refractivity contribution is -0.122. The number of rotatable bonds is 7. The molecule has 0 bridgehead atoms. The molecule has 1 saturated heterocycles. The van der Waals surface area contributed by atoms with E-state index in [1.807, 2.05) is 30.3 Å². The van der Waals surface area contributed by atoms with E-state index < -0.39 is 11.9 Å². The number of amidine groups is 1. The van der Waals surface area contributed by atoms with Crippen LogP contribution in [-0.2, 0) is 11.3 Å². The molecule has 1 aliphatic rings. The van der Waals surface area contributed by atoms with Gasteiger partial charge in [-0.3, -0.25) is 9.69 Å². The number of thioether (sulfide) groups is 1. The van der Waals surface area contributed by atoms with Crippen LogP contribution in [-0.4, -0.2) is 38.1 Å². The molecule has 0 aliphatic carbocycles. The molecule has 5 rings (SSSR count). The summed E-state index contributed by atoms with van der Waals surface area (Å²) in [5, 5.41) is 19.3. The predicted molar refractivity (Wildman–Crippen MR) is 149 cm³/mol. The van der Waals surface area contributed by atoms with E-state index in [0.29, 0.717) is 37.9 Å². The zero-order chi connectivity index (χ0) is 27.5. The van der Waals surface area contributed by atoms with E-state index in [1.165, 1.54) is 47.0 Å². The smallest absolute Gasteiger partial charge is 0.335 e. The van der Waals surface area contributed by atoms with Gasteiger partial charge in [-0.15, -0.1) is 0 Å². The third-order valence-corrected chi connectivity index (χ3v) is 7.13. The zero-order valence-corrected chi connectivity index (χ0v) is 21.6. The van der Waals surface area contributed by atoms with Crippen molar-refractivity contribution in [2.75, 3.05) is 0 Å². The minimum absolute atomic E-state index is 0.0704. The normalized spacial score (nSPS) is 15.3. The van der Waals surface area contributed by atoms with E-state index in [9.17, 15) is 24.6 Å². The Balaban J connectivity index is 1.46. The Hall–Kier alpha value is -4.60. The van der Waals surface area contributed by atoms with Gasteiger partial charge in [0.15, 0.2) is 5.17 Å². The lowest BCUT2D eigenvalue weighted by atomic mass is 10.1. The summed E-state index contributed by atoms with van der Waals surface area (Å²) in [6, 6.07) is 23.2. The van der Waals surface area contributed by atoms with Crippen molar-refractivity contribution in [3.63, 3.8) is 0 Å². The molecular formula is C29H19ClN2O6S. The van der Waals surface area contributed by atoms with Gasteiger partial charge in [-0.25, -0.2) is 14.6 Å². The minimum atomic E-state index is -1.09. The molecular weight excluding hydrogens is 540 g/mol. The van der Waals surface area contributed by atoms with E-state index in [0.717, 1.165) is 5.56 Å². The van der Waals surface area contributed by atoms with E-state index in [1.54, 1.807) is 30.3 Å². The van der Waals surface area contributed by atoms with Crippen LogP contribution in [0.1, 0.15) is 32.0 Å². The SMILES string of the molecule is O=C(O)c1ccc(CN2C(=O)/C(=C/c3ccc(-c4cc(C(=O)O)ccc4Cl)o3)SC2=Nc2ccccc2)cc1. The maximum atomic E-state index is 13.5. The molecule has 4 aromatic rings. The van der Waals surface area contributed by atoms with Crippen molar-refractivity contribution in [2.45, 2.75) is 6.54 Å². The monoisotopic (exact) mass is 558 g/mol. The molecule has 3 aromatic carbocycles. The fraction of sp³-hybridized carbons (Fsp3) is 0.0345. The largest absolute Gasteiger partial charge is 0.478 e. The van der Waals surface area contributed by atoms with Crippen molar-refractivity contribution in [1.29, 1.82) is 0 Å². The molecule has 1 fully saturated rings. The van der Waals surface area contributed by atoms with Crippen molar-refractivity contribution in [1.82, 2.24) is 4.90 Å². The second-order valence-corrected chi connectivity index (χ2v) is 9.85. The Morgan fingerprint density at radius 3 is 2.31 bits per heavy atom. The molecule has 1 aliphatic heterocycles. The van der Waals surface area contributed by atoms with Gasteiger partial charge in [-0.2, -0.15) is 0 Å². The van der Waals surface area contributed by atoms with Gasteiger partial charge >= 0.3 is 11.9 Å². The highest BCUT2D eigenvalue weighted by atomic mass is 35.5. The number of halogens is 1. The summed E-state index contributed by atoms with van der Waals surface area (Å²) in [7, 11) is 0. The van der Waals surface area contributed by atoms with Crippen LogP contribution < -0.4 is 0 Å². The fourth-order valence-electron chi connectivity index (χ4n) is 3.83. The molecule has 0 atom stereocenters. The van der Waals surface area contributed by atoms with Crippen LogP contribution in [0.15, 0.2) is 99.2 Å². The highest BCUT2D eigenvalue weighted by molar-refractivity contribution is 8.18. The van der Waals surface area contributed by atoms with E-state index in [2.05, 4.69) is 4.99 Å². The molecule has 10 heteroatoms. The number of carboxylic acids is 2. The number of furan rings is 1. The highest BCUT2D eigenvalue weighted by Crippen LogP contribution is 2.37. The Morgan fingerprint density at radius 2 is 1.62 bits per heavy atom. The zero-order valence-electron chi connectivity index (χ0n) is 20.1. The number of aliphatic imine (C=N–C) groups is 1. The van der Waals surface area contributed by atoms with Crippen molar-refractivity contribution >= 4 is 58.1 Å². The number of hydrogen-bond donors (Lipinski definition) is 2. The van der Waals surface area contributed by atoms with Crippen LogP contribution in [0.5, 0.6) is 0 Å². The molecule has 2 N–H and O–H groups in total. The summed E-state index contributed by atoms with van der Waals surface area (Å²) >= 11 is 7.46. The van der Waals surface area contributed by atoms with Gasteiger partial charge in [0, 0.05) is 11.6 Å². The molecule has 8 nitrogen and oxygen atoms in total. The second kappa shape index (κ2) is 11.0. The van der Waals surface area contributed by atoms with Gasteiger partial charge in [-0.05, 0) is 71.9 Å². The molecule has 1 amide bonds. The Kier molecular flexibility index (Phi) is 7.36. The number of carbonyl (C=O) groups excluding carboxylic acids is 1. The number of carboxylic acid groups (broad SMARTS) is 2.